The van der Waals surface area contributed by atoms with E-state index >= 15 is 0 Å². The van der Waals surface area contributed by atoms with Gasteiger partial charge in [-0.05, 0) is 62.5 Å². The third-order valence-electron chi connectivity index (χ3n) is 4.02. The van der Waals surface area contributed by atoms with Crippen molar-refractivity contribution in [2.24, 2.45) is 0 Å². The standard InChI is InChI=1S/C20H26ClFN2O/c1-23(2)11-4-12-24(14-16-5-8-18(22)9-6-16)15-17-7-10-20(25-3)19(21)13-17/h5-10,13H,4,11-12,14-15H2,1-3H3. The molecule has 0 saturated heterocycles. The van der Waals surface area contributed by atoms with Crippen LogP contribution in [0.2, 0.25) is 5.02 Å². The molecule has 0 aromatic heterocycles. The molecule has 0 fully saturated rings. The summed E-state index contributed by atoms with van der Waals surface area (Å²) in [6.07, 6.45) is 1.07. The molecular formula is C20H26ClFN2O. The van der Waals surface area contributed by atoms with E-state index in [0.29, 0.717) is 10.8 Å². The Hall–Kier alpha value is -1.62. The fourth-order valence-electron chi connectivity index (χ4n) is 2.74. The van der Waals surface area contributed by atoms with Gasteiger partial charge in [-0.1, -0.05) is 29.8 Å². The summed E-state index contributed by atoms with van der Waals surface area (Å²) in [5, 5.41) is 0.620. The van der Waals surface area contributed by atoms with Crippen LogP contribution in [0.4, 0.5) is 4.39 Å². The number of benzene rings is 2. The molecule has 2 aromatic rings. The Morgan fingerprint density at radius 2 is 1.60 bits per heavy atom. The molecule has 0 aliphatic carbocycles. The molecule has 25 heavy (non-hydrogen) atoms. The van der Waals surface area contributed by atoms with Gasteiger partial charge in [-0.2, -0.15) is 0 Å². The molecule has 0 heterocycles. The Bertz CT molecular complexity index is 661. The molecule has 0 aliphatic rings. The Morgan fingerprint density at radius 3 is 2.20 bits per heavy atom. The Balaban J connectivity index is 2.07. The molecule has 0 radical (unpaired) electrons. The zero-order valence-electron chi connectivity index (χ0n) is 15.1. The number of methoxy groups -OCH3 is 1. The number of hydrogen-bond acceptors (Lipinski definition) is 3. The van der Waals surface area contributed by atoms with Crippen molar-refractivity contribution < 1.29 is 9.13 Å². The quantitative estimate of drug-likeness (QED) is 0.654. The average Bonchev–Trinajstić information content (AvgIpc) is 2.56. The van der Waals surface area contributed by atoms with Gasteiger partial charge in [0.2, 0.25) is 0 Å². The molecule has 136 valence electrons. The summed E-state index contributed by atoms with van der Waals surface area (Å²) in [6.45, 7) is 3.55. The minimum absolute atomic E-state index is 0.204. The molecular weight excluding hydrogens is 339 g/mol. The van der Waals surface area contributed by atoms with Crippen molar-refractivity contribution >= 4 is 11.6 Å². The Kier molecular flexibility index (Phi) is 7.69. The molecule has 0 N–H and O–H groups in total. The lowest BCUT2D eigenvalue weighted by Gasteiger charge is -2.24. The fraction of sp³-hybridized carbons (Fsp3) is 0.400. The van der Waals surface area contributed by atoms with Crippen LogP contribution in [0.1, 0.15) is 17.5 Å². The minimum atomic E-state index is -0.204. The summed E-state index contributed by atoms with van der Waals surface area (Å²) in [6, 6.07) is 12.6. The van der Waals surface area contributed by atoms with Gasteiger partial charge in [-0.3, -0.25) is 4.90 Å². The second-order valence-electron chi connectivity index (χ2n) is 6.46. The van der Waals surface area contributed by atoms with E-state index in [4.69, 9.17) is 16.3 Å². The van der Waals surface area contributed by atoms with Crippen LogP contribution in [0.3, 0.4) is 0 Å². The first kappa shape index (κ1) is 19.7. The van der Waals surface area contributed by atoms with Gasteiger partial charge in [0.1, 0.15) is 11.6 Å². The monoisotopic (exact) mass is 364 g/mol. The fourth-order valence-corrected chi connectivity index (χ4v) is 3.02. The van der Waals surface area contributed by atoms with Crippen LogP contribution in [0.25, 0.3) is 0 Å². The molecule has 2 rings (SSSR count). The zero-order valence-corrected chi connectivity index (χ0v) is 15.9. The third kappa shape index (κ3) is 6.65. The third-order valence-corrected chi connectivity index (χ3v) is 4.32. The Labute approximate surface area is 155 Å². The van der Waals surface area contributed by atoms with Crippen LogP contribution in [-0.4, -0.2) is 44.1 Å². The van der Waals surface area contributed by atoms with E-state index < -0.39 is 0 Å². The smallest absolute Gasteiger partial charge is 0.137 e. The van der Waals surface area contributed by atoms with Gasteiger partial charge in [-0.15, -0.1) is 0 Å². The number of hydrogen-bond donors (Lipinski definition) is 0. The van der Waals surface area contributed by atoms with Crippen LogP contribution >= 0.6 is 11.6 Å². The molecule has 0 bridgehead atoms. The van der Waals surface area contributed by atoms with Crippen molar-refractivity contribution in [2.75, 3.05) is 34.3 Å². The predicted octanol–water partition coefficient (Wildman–Crippen LogP) is 4.44. The lowest BCUT2D eigenvalue weighted by Crippen LogP contribution is -2.26. The summed E-state index contributed by atoms with van der Waals surface area (Å²) in [7, 11) is 5.77. The maximum absolute atomic E-state index is 13.1. The van der Waals surface area contributed by atoms with E-state index in [1.165, 1.54) is 12.1 Å². The molecule has 0 saturated carbocycles. The van der Waals surface area contributed by atoms with Gasteiger partial charge in [0.25, 0.3) is 0 Å². The van der Waals surface area contributed by atoms with Crippen molar-refractivity contribution in [3.05, 3.63) is 64.4 Å². The van der Waals surface area contributed by atoms with E-state index in [1.807, 2.05) is 30.3 Å². The first-order valence-corrected chi connectivity index (χ1v) is 8.79. The first-order chi connectivity index (χ1) is 12.0. The van der Waals surface area contributed by atoms with E-state index in [-0.39, 0.29) is 5.82 Å². The summed E-state index contributed by atoms with van der Waals surface area (Å²) >= 11 is 6.24. The molecule has 0 aliphatic heterocycles. The highest BCUT2D eigenvalue weighted by molar-refractivity contribution is 6.32. The first-order valence-electron chi connectivity index (χ1n) is 8.42. The van der Waals surface area contributed by atoms with Crippen molar-refractivity contribution in [3.63, 3.8) is 0 Å². The van der Waals surface area contributed by atoms with Gasteiger partial charge in [0, 0.05) is 19.6 Å². The zero-order chi connectivity index (χ0) is 18.2. The molecule has 5 heteroatoms. The molecule has 0 amide bonds. The van der Waals surface area contributed by atoms with Gasteiger partial charge < -0.3 is 9.64 Å². The maximum atomic E-state index is 13.1. The van der Waals surface area contributed by atoms with Crippen molar-refractivity contribution in [2.45, 2.75) is 19.5 Å². The van der Waals surface area contributed by atoms with Crippen LogP contribution in [0.5, 0.6) is 5.75 Å². The normalized spacial score (nSPS) is 11.3. The van der Waals surface area contributed by atoms with Gasteiger partial charge in [0.05, 0.1) is 12.1 Å². The number of halogens is 2. The van der Waals surface area contributed by atoms with Crippen molar-refractivity contribution in [3.8, 4) is 5.75 Å². The number of ether oxygens (including phenoxy) is 1. The van der Waals surface area contributed by atoms with E-state index in [2.05, 4.69) is 23.9 Å². The molecule has 2 aromatic carbocycles. The number of nitrogens with zero attached hydrogens (tertiary/aromatic N) is 2. The maximum Gasteiger partial charge on any atom is 0.137 e. The second-order valence-corrected chi connectivity index (χ2v) is 6.87. The summed E-state index contributed by atoms with van der Waals surface area (Å²) in [5.41, 5.74) is 2.24. The van der Waals surface area contributed by atoms with Gasteiger partial charge in [-0.25, -0.2) is 4.39 Å². The van der Waals surface area contributed by atoms with Crippen molar-refractivity contribution in [1.29, 1.82) is 0 Å². The van der Waals surface area contributed by atoms with Crippen molar-refractivity contribution in [1.82, 2.24) is 9.80 Å². The number of rotatable bonds is 9. The van der Waals surface area contributed by atoms with Gasteiger partial charge >= 0.3 is 0 Å². The minimum Gasteiger partial charge on any atom is -0.495 e. The second kappa shape index (κ2) is 9.76. The van der Waals surface area contributed by atoms with Crippen LogP contribution in [-0.2, 0) is 13.1 Å². The van der Waals surface area contributed by atoms with Gasteiger partial charge in [0.15, 0.2) is 0 Å². The average molecular weight is 365 g/mol. The topological polar surface area (TPSA) is 15.7 Å². The molecule has 3 nitrogen and oxygen atoms in total. The van der Waals surface area contributed by atoms with Crippen LogP contribution < -0.4 is 4.74 Å². The highest BCUT2D eigenvalue weighted by Crippen LogP contribution is 2.25. The molecule has 0 unspecified atom stereocenters. The lowest BCUT2D eigenvalue weighted by atomic mass is 10.1. The van der Waals surface area contributed by atoms with E-state index in [1.54, 1.807) is 7.11 Å². The van der Waals surface area contributed by atoms with E-state index in [0.717, 1.165) is 43.7 Å². The van der Waals surface area contributed by atoms with Crippen LogP contribution in [0.15, 0.2) is 42.5 Å². The summed E-state index contributed by atoms with van der Waals surface area (Å²) in [4.78, 5) is 4.54. The SMILES string of the molecule is COc1ccc(CN(CCCN(C)C)Cc2ccc(F)cc2)cc1Cl. The predicted molar refractivity (Wildman–Crippen MR) is 102 cm³/mol. The Morgan fingerprint density at radius 1 is 0.960 bits per heavy atom. The van der Waals surface area contributed by atoms with E-state index in [9.17, 15) is 4.39 Å². The summed E-state index contributed by atoms with van der Waals surface area (Å²) < 4.78 is 18.3. The molecule has 0 atom stereocenters. The highest BCUT2D eigenvalue weighted by Gasteiger charge is 2.10. The lowest BCUT2D eigenvalue weighted by molar-refractivity contribution is 0.239. The summed E-state index contributed by atoms with van der Waals surface area (Å²) in [5.74, 6) is 0.480. The highest BCUT2D eigenvalue weighted by atomic mass is 35.5. The van der Waals surface area contributed by atoms with Crippen LogP contribution in [0, 0.1) is 5.82 Å². The molecule has 0 spiro atoms. The largest absolute Gasteiger partial charge is 0.495 e.